The summed E-state index contributed by atoms with van der Waals surface area (Å²) in [5, 5.41) is 5.52. The fourth-order valence-corrected chi connectivity index (χ4v) is 2.07. The van der Waals surface area contributed by atoms with Crippen LogP contribution in [0.1, 0.15) is 0 Å². The molecule has 80 valence electrons. The van der Waals surface area contributed by atoms with Crippen LogP contribution in [-0.2, 0) is 14.1 Å². The van der Waals surface area contributed by atoms with Gasteiger partial charge in [-0.25, -0.2) is 9.67 Å². The zero-order chi connectivity index (χ0) is 11.3. The molecule has 0 saturated carbocycles. The highest BCUT2D eigenvalue weighted by atomic mass is 32.1. The Hall–Kier alpha value is -1.75. The van der Waals surface area contributed by atoms with Gasteiger partial charge in [-0.3, -0.25) is 0 Å². The molecule has 0 bridgehead atoms. The Morgan fingerprint density at radius 2 is 1.94 bits per heavy atom. The summed E-state index contributed by atoms with van der Waals surface area (Å²) in [6.45, 7) is 0. The lowest BCUT2D eigenvalue weighted by Crippen LogP contribution is -2.02. The molecule has 16 heavy (non-hydrogen) atoms. The zero-order valence-corrected chi connectivity index (χ0v) is 9.82. The van der Waals surface area contributed by atoms with Gasteiger partial charge in [-0.05, 0) is 18.3 Å². The maximum Gasteiger partial charge on any atom is 0.216 e. The summed E-state index contributed by atoms with van der Waals surface area (Å²) < 4.78 is 4.16. The van der Waals surface area contributed by atoms with Crippen molar-refractivity contribution >= 4 is 34.3 Å². The number of para-hydroxylation sites is 1. The van der Waals surface area contributed by atoms with Gasteiger partial charge in [0.05, 0.1) is 5.52 Å². The summed E-state index contributed by atoms with van der Waals surface area (Å²) in [6.07, 6.45) is 0. The molecule has 0 atom stereocenters. The highest BCUT2D eigenvalue weighted by Crippen LogP contribution is 2.24. The number of hydrogen-bond donors (Lipinski definition) is 0. The first-order chi connectivity index (χ1) is 7.68. The van der Waals surface area contributed by atoms with Crippen molar-refractivity contribution in [2.24, 2.45) is 14.1 Å². The Morgan fingerprint density at radius 3 is 2.75 bits per heavy atom. The molecule has 2 heterocycles. The molecule has 5 heteroatoms. The van der Waals surface area contributed by atoms with Crippen LogP contribution in [-0.4, -0.2) is 19.3 Å². The Kier molecular flexibility index (Phi) is 1.85. The van der Waals surface area contributed by atoms with Crippen LogP contribution in [0, 0.1) is 4.77 Å². The average Bonchev–Trinajstić information content (AvgIpc) is 2.55. The Morgan fingerprint density at radius 1 is 1.19 bits per heavy atom. The van der Waals surface area contributed by atoms with E-state index >= 15 is 0 Å². The van der Waals surface area contributed by atoms with E-state index in [1.807, 2.05) is 36.9 Å². The summed E-state index contributed by atoms with van der Waals surface area (Å²) in [4.78, 5) is 4.42. The van der Waals surface area contributed by atoms with E-state index in [0.717, 1.165) is 22.1 Å². The monoisotopic (exact) mass is 230 g/mol. The fraction of sp³-hybridized carbons (Fsp3) is 0.182. The minimum atomic E-state index is 0.504. The maximum atomic E-state index is 5.13. The van der Waals surface area contributed by atoms with Crippen LogP contribution in [0.3, 0.4) is 0 Å². The molecule has 2 aromatic heterocycles. The number of hydrogen-bond acceptors (Lipinski definition) is 3. The molecule has 0 aliphatic heterocycles. The topological polar surface area (TPSA) is 35.6 Å². The van der Waals surface area contributed by atoms with Crippen LogP contribution in [0.5, 0.6) is 0 Å². The molecule has 0 fully saturated rings. The van der Waals surface area contributed by atoms with Crippen LogP contribution in [0.25, 0.3) is 22.1 Å². The molecular formula is C11H10N4S. The molecule has 0 radical (unpaired) electrons. The number of fused-ring (bicyclic) bond motifs is 3. The lowest BCUT2D eigenvalue weighted by atomic mass is 10.2. The summed E-state index contributed by atoms with van der Waals surface area (Å²) in [6, 6.07) is 8.11. The lowest BCUT2D eigenvalue weighted by Gasteiger charge is -1.98. The van der Waals surface area contributed by atoms with Crippen LogP contribution < -0.4 is 0 Å². The first-order valence-electron chi connectivity index (χ1n) is 4.97. The number of benzene rings is 1. The summed E-state index contributed by atoms with van der Waals surface area (Å²) in [7, 11) is 3.80. The maximum absolute atomic E-state index is 5.13. The third-order valence-electron chi connectivity index (χ3n) is 2.78. The van der Waals surface area contributed by atoms with Crippen LogP contribution in [0.2, 0.25) is 0 Å². The zero-order valence-electron chi connectivity index (χ0n) is 9.01. The van der Waals surface area contributed by atoms with Gasteiger partial charge in [0.1, 0.15) is 5.52 Å². The van der Waals surface area contributed by atoms with E-state index in [1.54, 1.807) is 4.68 Å². The Labute approximate surface area is 97.1 Å². The van der Waals surface area contributed by atoms with Crippen molar-refractivity contribution in [2.45, 2.75) is 0 Å². The molecule has 1 aromatic carbocycles. The van der Waals surface area contributed by atoms with E-state index < -0.39 is 0 Å². The number of rotatable bonds is 0. The van der Waals surface area contributed by atoms with Gasteiger partial charge in [-0.2, -0.15) is 5.10 Å². The minimum absolute atomic E-state index is 0.504. The second kappa shape index (κ2) is 3.12. The van der Waals surface area contributed by atoms with Crippen LogP contribution >= 0.6 is 12.2 Å². The first kappa shape index (κ1) is 9.47. The molecule has 0 N–H and O–H groups in total. The largest absolute Gasteiger partial charge is 0.326 e. The van der Waals surface area contributed by atoms with Gasteiger partial charge in [0.25, 0.3) is 0 Å². The van der Waals surface area contributed by atoms with Crippen molar-refractivity contribution in [2.75, 3.05) is 0 Å². The van der Waals surface area contributed by atoms with Crippen molar-refractivity contribution in [3.8, 4) is 0 Å². The van der Waals surface area contributed by atoms with Gasteiger partial charge in [0.15, 0.2) is 5.65 Å². The van der Waals surface area contributed by atoms with Gasteiger partial charge in [-0.1, -0.05) is 18.2 Å². The quantitative estimate of drug-likeness (QED) is 0.555. The van der Waals surface area contributed by atoms with Gasteiger partial charge in [0.2, 0.25) is 4.77 Å². The second-order valence-electron chi connectivity index (χ2n) is 3.77. The normalized spacial score (nSPS) is 11.4. The van der Waals surface area contributed by atoms with E-state index in [1.165, 1.54) is 0 Å². The molecule has 4 nitrogen and oxygen atoms in total. The fourth-order valence-electron chi connectivity index (χ4n) is 1.94. The minimum Gasteiger partial charge on any atom is -0.326 e. The third kappa shape index (κ3) is 1.12. The van der Waals surface area contributed by atoms with Gasteiger partial charge in [0, 0.05) is 19.5 Å². The van der Waals surface area contributed by atoms with E-state index in [-0.39, 0.29) is 0 Å². The van der Waals surface area contributed by atoms with Gasteiger partial charge in [-0.15, -0.1) is 0 Å². The van der Waals surface area contributed by atoms with E-state index in [9.17, 15) is 0 Å². The molecule has 0 amide bonds. The highest BCUT2D eigenvalue weighted by molar-refractivity contribution is 7.71. The molecule has 0 saturated heterocycles. The predicted octanol–water partition coefficient (Wildman–Crippen LogP) is 2.19. The van der Waals surface area contributed by atoms with Gasteiger partial charge < -0.3 is 4.57 Å². The van der Waals surface area contributed by atoms with Crippen LogP contribution in [0.4, 0.5) is 0 Å². The molecule has 3 rings (SSSR count). The first-order valence-corrected chi connectivity index (χ1v) is 5.38. The predicted molar refractivity (Wildman–Crippen MR) is 65.8 cm³/mol. The van der Waals surface area contributed by atoms with E-state index in [0.29, 0.717) is 4.77 Å². The van der Waals surface area contributed by atoms with Crippen LogP contribution in [0.15, 0.2) is 24.3 Å². The molecule has 0 spiro atoms. The number of aryl methyl sites for hydroxylation is 2. The highest BCUT2D eigenvalue weighted by Gasteiger charge is 2.10. The molecular weight excluding hydrogens is 220 g/mol. The number of nitrogens with zero attached hydrogens (tertiary/aromatic N) is 4. The van der Waals surface area contributed by atoms with Crippen molar-refractivity contribution in [3.05, 3.63) is 29.0 Å². The summed E-state index contributed by atoms with van der Waals surface area (Å²) in [5.74, 6) is 0. The molecule has 0 aliphatic rings. The van der Waals surface area contributed by atoms with Crippen molar-refractivity contribution in [1.82, 2.24) is 19.3 Å². The van der Waals surface area contributed by atoms with Crippen molar-refractivity contribution < 1.29 is 0 Å². The summed E-state index contributed by atoms with van der Waals surface area (Å²) >= 11 is 5.13. The van der Waals surface area contributed by atoms with E-state index in [4.69, 9.17) is 12.2 Å². The Bertz CT molecular complexity index is 754. The Balaban J connectivity index is 2.67. The summed E-state index contributed by atoms with van der Waals surface area (Å²) in [5.41, 5.74) is 2.86. The van der Waals surface area contributed by atoms with Gasteiger partial charge >= 0.3 is 0 Å². The standard InChI is InChI=1S/C11H10N4S/c1-14-8-6-4-3-5-7(8)9-10(14)13-15(2)11(16)12-9/h3-6H,1-2H3. The second-order valence-corrected chi connectivity index (χ2v) is 4.13. The number of aromatic nitrogens is 4. The molecule has 0 aliphatic carbocycles. The molecule has 0 unspecified atom stereocenters. The lowest BCUT2D eigenvalue weighted by molar-refractivity contribution is 0.709. The molecule has 3 aromatic rings. The average molecular weight is 230 g/mol. The smallest absolute Gasteiger partial charge is 0.216 e. The van der Waals surface area contributed by atoms with Crippen molar-refractivity contribution in [3.63, 3.8) is 0 Å². The van der Waals surface area contributed by atoms with E-state index in [2.05, 4.69) is 16.1 Å². The van der Waals surface area contributed by atoms with Crippen molar-refractivity contribution in [1.29, 1.82) is 0 Å². The SMILES string of the molecule is Cn1nc2c(nc1=S)c1ccccc1n2C. The third-order valence-corrected chi connectivity index (χ3v) is 3.13.